The molecule has 10 nitrogen and oxygen atoms in total. The van der Waals surface area contributed by atoms with E-state index in [0.29, 0.717) is 43.2 Å². The van der Waals surface area contributed by atoms with Crippen molar-refractivity contribution in [3.63, 3.8) is 0 Å². The lowest BCUT2D eigenvalue weighted by atomic mass is 9.99. The minimum atomic E-state index is -0.564. The standard InChI is InChI=1S/C31H32N6O4S/c1-35(2)17-6-9-25(38)36-18-15-20(19-36)33-29(39)28-27-26-24(14-16-32-30(26)42-28)37(31(40)34-27)21-10-12-23(13-11-21)41-22-7-4-3-5-8-22/h3-14,16,20,27-28H,15,17-19H2,1-2H3,(H,33,39)(H,34,40)/b9-6+/t20?,27?,28-/m1/s1. The fourth-order valence-corrected chi connectivity index (χ4v) is 6.64. The van der Waals surface area contributed by atoms with E-state index in [4.69, 9.17) is 4.74 Å². The van der Waals surface area contributed by atoms with Crippen LogP contribution >= 0.6 is 11.8 Å². The zero-order chi connectivity index (χ0) is 29.2. The Kier molecular flexibility index (Phi) is 7.86. The predicted molar refractivity (Wildman–Crippen MR) is 161 cm³/mol. The molecular formula is C31H32N6O4S. The van der Waals surface area contributed by atoms with Gasteiger partial charge in [-0.25, -0.2) is 9.78 Å². The summed E-state index contributed by atoms with van der Waals surface area (Å²) in [4.78, 5) is 49.3. The Morgan fingerprint density at radius 2 is 1.88 bits per heavy atom. The molecule has 3 aromatic rings. The number of benzene rings is 2. The van der Waals surface area contributed by atoms with E-state index in [9.17, 15) is 14.4 Å². The molecule has 4 amide bonds. The molecule has 2 aromatic carbocycles. The third-order valence-electron chi connectivity index (χ3n) is 7.42. The van der Waals surface area contributed by atoms with Crippen LogP contribution in [0, 0.1) is 0 Å². The Balaban J connectivity index is 1.13. The Bertz CT molecular complexity index is 1510. The van der Waals surface area contributed by atoms with Gasteiger partial charge in [0.1, 0.15) is 21.8 Å². The molecule has 3 aliphatic heterocycles. The highest BCUT2D eigenvalue weighted by Gasteiger charge is 2.47. The first-order valence-corrected chi connectivity index (χ1v) is 14.7. The van der Waals surface area contributed by atoms with Gasteiger partial charge >= 0.3 is 6.03 Å². The van der Waals surface area contributed by atoms with Crippen molar-refractivity contribution in [2.45, 2.75) is 28.8 Å². The number of para-hydroxylation sites is 1. The topological polar surface area (TPSA) is 107 Å². The van der Waals surface area contributed by atoms with Gasteiger partial charge in [0, 0.05) is 43.5 Å². The minimum Gasteiger partial charge on any atom is -0.457 e. The third-order valence-corrected chi connectivity index (χ3v) is 8.70. The van der Waals surface area contributed by atoms with Gasteiger partial charge in [0.2, 0.25) is 11.8 Å². The average molecular weight is 585 g/mol. The number of thioether (sulfide) groups is 1. The molecule has 11 heteroatoms. The summed E-state index contributed by atoms with van der Waals surface area (Å²) < 4.78 is 5.90. The maximum absolute atomic E-state index is 13.5. The summed E-state index contributed by atoms with van der Waals surface area (Å²) in [7, 11) is 3.89. The monoisotopic (exact) mass is 584 g/mol. The Hall–Kier alpha value is -4.35. The van der Waals surface area contributed by atoms with Crippen molar-refractivity contribution in [2.75, 3.05) is 38.6 Å². The molecule has 0 aliphatic carbocycles. The van der Waals surface area contributed by atoms with Gasteiger partial charge in [0.25, 0.3) is 0 Å². The van der Waals surface area contributed by atoms with Gasteiger partial charge in [-0.2, -0.15) is 0 Å². The fourth-order valence-electron chi connectivity index (χ4n) is 5.40. The van der Waals surface area contributed by atoms with Crippen molar-refractivity contribution in [1.82, 2.24) is 25.4 Å². The van der Waals surface area contributed by atoms with Crippen molar-refractivity contribution in [2.24, 2.45) is 0 Å². The van der Waals surface area contributed by atoms with Crippen LogP contribution in [0.15, 0.2) is 84.0 Å². The minimum absolute atomic E-state index is 0.0515. The molecule has 6 rings (SSSR count). The zero-order valence-electron chi connectivity index (χ0n) is 23.4. The van der Waals surface area contributed by atoms with Crippen molar-refractivity contribution in [3.8, 4) is 11.5 Å². The summed E-state index contributed by atoms with van der Waals surface area (Å²) in [5, 5.41) is 6.32. The number of hydrogen-bond acceptors (Lipinski definition) is 7. The number of likely N-dealkylation sites (N-methyl/N-ethyl adjacent to an activating group) is 1. The smallest absolute Gasteiger partial charge is 0.327 e. The molecule has 0 bridgehead atoms. The number of anilines is 2. The van der Waals surface area contributed by atoms with Crippen LogP contribution < -0.4 is 20.3 Å². The number of rotatable bonds is 8. The Labute approximate surface area is 248 Å². The van der Waals surface area contributed by atoms with Crippen LogP contribution in [0.3, 0.4) is 0 Å². The van der Waals surface area contributed by atoms with Crippen LogP contribution in [-0.2, 0) is 9.59 Å². The number of urea groups is 1. The molecule has 3 aliphatic rings. The van der Waals surface area contributed by atoms with Gasteiger partial charge in [0.05, 0.1) is 17.4 Å². The highest BCUT2D eigenvalue weighted by Crippen LogP contribution is 2.50. The van der Waals surface area contributed by atoms with Gasteiger partial charge in [-0.05, 0) is 63.0 Å². The fraction of sp³-hybridized carbons (Fsp3) is 0.290. The maximum atomic E-state index is 13.5. The zero-order valence-corrected chi connectivity index (χ0v) is 24.2. The van der Waals surface area contributed by atoms with E-state index in [0.717, 1.165) is 16.3 Å². The van der Waals surface area contributed by atoms with Gasteiger partial charge in [-0.15, -0.1) is 0 Å². The summed E-state index contributed by atoms with van der Waals surface area (Å²) in [6.07, 6.45) is 5.78. The quantitative estimate of drug-likeness (QED) is 0.384. The van der Waals surface area contributed by atoms with Gasteiger partial charge in [-0.3, -0.25) is 14.5 Å². The molecule has 42 heavy (non-hydrogen) atoms. The first-order chi connectivity index (χ1) is 20.4. The third kappa shape index (κ3) is 5.70. The van der Waals surface area contributed by atoms with Crippen LogP contribution in [-0.4, -0.2) is 77.7 Å². The molecule has 0 saturated carbocycles. The molecule has 1 fully saturated rings. The number of carbonyl (C=O) groups is 3. The number of hydrogen-bond donors (Lipinski definition) is 2. The summed E-state index contributed by atoms with van der Waals surface area (Å²) in [6.45, 7) is 1.73. The molecule has 2 unspecified atom stereocenters. The molecule has 0 spiro atoms. The second kappa shape index (κ2) is 11.9. The molecule has 216 valence electrons. The van der Waals surface area contributed by atoms with Crippen molar-refractivity contribution in [1.29, 1.82) is 0 Å². The molecule has 1 aromatic heterocycles. The first kappa shape index (κ1) is 27.8. The van der Waals surface area contributed by atoms with Crippen LogP contribution in [0.25, 0.3) is 0 Å². The summed E-state index contributed by atoms with van der Waals surface area (Å²) in [6, 6.07) is 17.6. The second-order valence-corrected chi connectivity index (χ2v) is 11.8. The first-order valence-electron chi connectivity index (χ1n) is 13.9. The van der Waals surface area contributed by atoms with Gasteiger partial charge in [0.15, 0.2) is 0 Å². The number of ether oxygens (including phenoxy) is 1. The number of amides is 4. The predicted octanol–water partition coefficient (Wildman–Crippen LogP) is 4.09. The van der Waals surface area contributed by atoms with Gasteiger partial charge in [-0.1, -0.05) is 36.0 Å². The lowest BCUT2D eigenvalue weighted by molar-refractivity contribution is -0.126. The highest BCUT2D eigenvalue weighted by atomic mass is 32.2. The number of aromatic nitrogens is 1. The van der Waals surface area contributed by atoms with Crippen molar-refractivity contribution >= 4 is 41.0 Å². The molecule has 1 saturated heterocycles. The van der Waals surface area contributed by atoms with Crippen LogP contribution in [0.2, 0.25) is 0 Å². The SMILES string of the molecule is CN(C)C/C=C/C(=O)N1CCC(NC(=O)[C@@H]2Sc3nccc4c3C2NC(=O)N4c2ccc(Oc3ccccc3)cc2)C1. The van der Waals surface area contributed by atoms with E-state index in [1.807, 2.05) is 85.7 Å². The van der Waals surface area contributed by atoms with E-state index in [1.165, 1.54) is 11.8 Å². The number of pyridine rings is 1. The second-order valence-electron chi connectivity index (χ2n) is 10.7. The van der Waals surface area contributed by atoms with Crippen LogP contribution in [0.1, 0.15) is 18.0 Å². The van der Waals surface area contributed by atoms with E-state index >= 15 is 0 Å². The number of nitrogens with zero attached hydrogens (tertiary/aromatic N) is 4. The number of carbonyl (C=O) groups excluding carboxylic acids is 3. The summed E-state index contributed by atoms with van der Waals surface area (Å²) in [5.74, 6) is 1.16. The molecule has 2 N–H and O–H groups in total. The van der Waals surface area contributed by atoms with Crippen LogP contribution in [0.5, 0.6) is 11.5 Å². The van der Waals surface area contributed by atoms with E-state index in [1.54, 1.807) is 22.1 Å². The lowest BCUT2D eigenvalue weighted by Crippen LogP contribution is -2.50. The Morgan fingerprint density at radius 1 is 1.12 bits per heavy atom. The molecular weight excluding hydrogens is 552 g/mol. The van der Waals surface area contributed by atoms with E-state index < -0.39 is 11.3 Å². The molecule has 4 heterocycles. The van der Waals surface area contributed by atoms with E-state index in [-0.39, 0.29) is 23.9 Å². The molecule has 0 radical (unpaired) electrons. The number of likely N-dealkylation sites (tertiary alicyclic amines) is 1. The summed E-state index contributed by atoms with van der Waals surface area (Å²) >= 11 is 1.36. The normalized spacial score (nSPS) is 21.0. The summed E-state index contributed by atoms with van der Waals surface area (Å²) in [5.41, 5.74) is 2.21. The van der Waals surface area contributed by atoms with E-state index in [2.05, 4.69) is 15.6 Å². The maximum Gasteiger partial charge on any atom is 0.327 e. The highest BCUT2D eigenvalue weighted by molar-refractivity contribution is 8.01. The molecule has 3 atom stereocenters. The van der Waals surface area contributed by atoms with Crippen LogP contribution in [0.4, 0.5) is 16.2 Å². The average Bonchev–Trinajstić information content (AvgIpc) is 3.60. The lowest BCUT2D eigenvalue weighted by Gasteiger charge is -2.34. The van der Waals surface area contributed by atoms with Gasteiger partial charge < -0.3 is 25.2 Å². The largest absolute Gasteiger partial charge is 0.457 e. The Morgan fingerprint density at radius 3 is 2.64 bits per heavy atom. The van der Waals surface area contributed by atoms with Crippen molar-refractivity contribution < 1.29 is 19.1 Å². The number of nitrogens with one attached hydrogen (secondary N) is 2. The van der Waals surface area contributed by atoms with Crippen molar-refractivity contribution in [3.05, 3.63) is 84.6 Å².